The van der Waals surface area contributed by atoms with Crippen molar-refractivity contribution >= 4 is 17.5 Å². The molecule has 1 heterocycles. The van der Waals surface area contributed by atoms with Gasteiger partial charge in [-0.1, -0.05) is 29.8 Å². The highest BCUT2D eigenvalue weighted by molar-refractivity contribution is 6.21. The smallest absolute Gasteiger partial charge is 0.237 e. The Bertz CT molecular complexity index is 752. The third-order valence-corrected chi connectivity index (χ3v) is 4.21. The van der Waals surface area contributed by atoms with Crippen LogP contribution >= 0.6 is 0 Å². The van der Waals surface area contributed by atoms with Crippen LogP contribution < -0.4 is 9.64 Å². The summed E-state index contributed by atoms with van der Waals surface area (Å²) in [6, 6.07) is 15.2. The highest BCUT2D eigenvalue weighted by Gasteiger charge is 2.39. The minimum Gasteiger partial charge on any atom is -0.494 e. The van der Waals surface area contributed by atoms with E-state index in [0.717, 1.165) is 16.9 Å². The fraction of sp³-hybridized carbons (Fsp3) is 0.300. The average Bonchev–Trinajstić information content (AvgIpc) is 2.83. The number of hydrogen-bond donors (Lipinski definition) is 0. The molecule has 0 unspecified atom stereocenters. The summed E-state index contributed by atoms with van der Waals surface area (Å²) in [5.41, 5.74) is 2.86. The first-order chi connectivity index (χ1) is 11.6. The molecule has 0 aliphatic carbocycles. The van der Waals surface area contributed by atoms with Gasteiger partial charge in [-0.2, -0.15) is 0 Å². The van der Waals surface area contributed by atoms with Crippen LogP contribution in [0, 0.1) is 12.8 Å². The summed E-state index contributed by atoms with van der Waals surface area (Å²) in [7, 11) is 0. The molecule has 1 saturated heterocycles. The van der Waals surface area contributed by atoms with Crippen LogP contribution in [0.2, 0.25) is 0 Å². The lowest BCUT2D eigenvalue weighted by atomic mass is 9.97. The maximum atomic E-state index is 12.7. The Balaban J connectivity index is 1.76. The highest BCUT2D eigenvalue weighted by atomic mass is 16.5. The van der Waals surface area contributed by atoms with Crippen molar-refractivity contribution in [1.82, 2.24) is 0 Å². The Morgan fingerprint density at radius 3 is 2.54 bits per heavy atom. The number of carbonyl (C=O) groups is 2. The van der Waals surface area contributed by atoms with Crippen LogP contribution in [-0.2, 0) is 16.0 Å². The second-order valence-corrected chi connectivity index (χ2v) is 6.09. The van der Waals surface area contributed by atoms with Gasteiger partial charge in [-0.05, 0) is 50.1 Å². The molecule has 0 N–H and O–H groups in total. The maximum absolute atomic E-state index is 12.7. The summed E-state index contributed by atoms with van der Waals surface area (Å²) >= 11 is 0. The van der Waals surface area contributed by atoms with Gasteiger partial charge in [0.05, 0.1) is 18.2 Å². The topological polar surface area (TPSA) is 46.6 Å². The van der Waals surface area contributed by atoms with Crippen LogP contribution in [0.3, 0.4) is 0 Å². The van der Waals surface area contributed by atoms with Crippen molar-refractivity contribution < 1.29 is 14.3 Å². The van der Waals surface area contributed by atoms with Gasteiger partial charge in [0.2, 0.25) is 11.8 Å². The fourth-order valence-corrected chi connectivity index (χ4v) is 3.11. The second-order valence-electron chi connectivity index (χ2n) is 6.09. The van der Waals surface area contributed by atoms with Crippen LogP contribution in [0.5, 0.6) is 5.75 Å². The van der Waals surface area contributed by atoms with E-state index in [-0.39, 0.29) is 24.2 Å². The molecule has 4 nitrogen and oxygen atoms in total. The number of benzene rings is 2. The molecule has 2 amide bonds. The zero-order valence-corrected chi connectivity index (χ0v) is 14.0. The molecule has 0 spiro atoms. The van der Waals surface area contributed by atoms with Crippen molar-refractivity contribution in [3.63, 3.8) is 0 Å². The molecule has 0 bridgehead atoms. The van der Waals surface area contributed by atoms with Gasteiger partial charge in [-0.15, -0.1) is 0 Å². The number of carbonyl (C=O) groups excluding carboxylic acids is 2. The van der Waals surface area contributed by atoms with E-state index >= 15 is 0 Å². The van der Waals surface area contributed by atoms with Gasteiger partial charge in [0.1, 0.15) is 5.75 Å². The average molecular weight is 323 g/mol. The zero-order valence-electron chi connectivity index (χ0n) is 14.0. The first kappa shape index (κ1) is 16.2. The van der Waals surface area contributed by atoms with E-state index in [2.05, 4.69) is 6.07 Å². The minimum absolute atomic E-state index is 0.120. The molecular formula is C20H21NO3. The Kier molecular flexibility index (Phi) is 4.65. The Labute approximate surface area is 142 Å². The molecule has 1 aliphatic heterocycles. The first-order valence-corrected chi connectivity index (χ1v) is 8.23. The van der Waals surface area contributed by atoms with Crippen molar-refractivity contribution in [3.05, 3.63) is 59.7 Å². The van der Waals surface area contributed by atoms with Crippen molar-refractivity contribution in [3.8, 4) is 5.75 Å². The van der Waals surface area contributed by atoms with Crippen LogP contribution in [0.15, 0.2) is 48.5 Å². The summed E-state index contributed by atoms with van der Waals surface area (Å²) in [5, 5.41) is 0. The SMILES string of the molecule is CCOc1ccc(N2C(=O)C[C@@H](Cc3cccc(C)c3)C2=O)cc1. The summed E-state index contributed by atoms with van der Waals surface area (Å²) in [5.74, 6) is 0.190. The van der Waals surface area contributed by atoms with Crippen molar-refractivity contribution in [2.45, 2.75) is 26.7 Å². The van der Waals surface area contributed by atoms with Crippen molar-refractivity contribution in [2.24, 2.45) is 5.92 Å². The van der Waals surface area contributed by atoms with E-state index in [1.165, 1.54) is 4.90 Å². The summed E-state index contributed by atoms with van der Waals surface area (Å²) in [6.45, 7) is 4.52. The molecule has 3 rings (SSSR count). The number of anilines is 1. The molecule has 1 atom stereocenters. The van der Waals surface area contributed by atoms with Gasteiger partial charge < -0.3 is 4.74 Å². The Hall–Kier alpha value is -2.62. The molecule has 1 fully saturated rings. The number of aryl methyl sites for hydroxylation is 1. The van der Waals surface area contributed by atoms with Gasteiger partial charge in [0.25, 0.3) is 0 Å². The van der Waals surface area contributed by atoms with Gasteiger partial charge >= 0.3 is 0 Å². The van der Waals surface area contributed by atoms with E-state index in [1.54, 1.807) is 24.3 Å². The Morgan fingerprint density at radius 2 is 1.88 bits per heavy atom. The quantitative estimate of drug-likeness (QED) is 0.791. The standard InChI is InChI=1S/C20H21NO3/c1-3-24-18-9-7-17(8-10-18)21-19(22)13-16(20(21)23)12-15-6-4-5-14(2)11-15/h4-11,16H,3,12-13H2,1-2H3/t16-/m1/s1. The van der Waals surface area contributed by atoms with E-state index < -0.39 is 0 Å². The van der Waals surface area contributed by atoms with Crippen molar-refractivity contribution in [2.75, 3.05) is 11.5 Å². The van der Waals surface area contributed by atoms with Crippen molar-refractivity contribution in [1.29, 1.82) is 0 Å². The number of rotatable bonds is 5. The molecule has 4 heteroatoms. The number of nitrogens with zero attached hydrogens (tertiary/aromatic N) is 1. The number of hydrogen-bond acceptors (Lipinski definition) is 3. The van der Waals surface area contributed by atoms with Gasteiger partial charge in [0.15, 0.2) is 0 Å². The van der Waals surface area contributed by atoms with Crippen LogP contribution in [0.1, 0.15) is 24.5 Å². The number of imide groups is 1. The minimum atomic E-state index is -0.286. The predicted octanol–water partition coefficient (Wildman–Crippen LogP) is 3.52. The largest absolute Gasteiger partial charge is 0.494 e. The summed E-state index contributed by atoms with van der Waals surface area (Å²) in [4.78, 5) is 26.3. The van der Waals surface area contributed by atoms with E-state index in [4.69, 9.17) is 4.74 Å². The zero-order chi connectivity index (χ0) is 17.1. The van der Waals surface area contributed by atoms with Gasteiger partial charge in [0, 0.05) is 6.42 Å². The third-order valence-electron chi connectivity index (χ3n) is 4.21. The summed E-state index contributed by atoms with van der Waals surface area (Å²) < 4.78 is 5.40. The molecule has 0 aromatic heterocycles. The Morgan fingerprint density at radius 1 is 1.12 bits per heavy atom. The molecule has 24 heavy (non-hydrogen) atoms. The molecule has 1 aliphatic rings. The predicted molar refractivity (Wildman–Crippen MR) is 93.1 cm³/mol. The van der Waals surface area contributed by atoms with E-state index in [9.17, 15) is 9.59 Å². The van der Waals surface area contributed by atoms with Gasteiger partial charge in [-0.25, -0.2) is 0 Å². The van der Waals surface area contributed by atoms with E-state index in [1.807, 2.05) is 32.0 Å². The lowest BCUT2D eigenvalue weighted by Gasteiger charge is -2.16. The molecule has 2 aromatic carbocycles. The normalized spacial score (nSPS) is 17.4. The lowest BCUT2D eigenvalue weighted by Crippen LogP contribution is -2.30. The molecule has 0 radical (unpaired) electrons. The first-order valence-electron chi connectivity index (χ1n) is 8.23. The van der Waals surface area contributed by atoms with E-state index in [0.29, 0.717) is 18.7 Å². The molecule has 0 saturated carbocycles. The maximum Gasteiger partial charge on any atom is 0.237 e. The van der Waals surface area contributed by atoms with Crippen LogP contribution in [-0.4, -0.2) is 18.4 Å². The highest BCUT2D eigenvalue weighted by Crippen LogP contribution is 2.30. The van der Waals surface area contributed by atoms with Crippen LogP contribution in [0.25, 0.3) is 0 Å². The number of ether oxygens (including phenoxy) is 1. The molecule has 2 aromatic rings. The number of amides is 2. The van der Waals surface area contributed by atoms with Gasteiger partial charge in [-0.3, -0.25) is 14.5 Å². The molecular weight excluding hydrogens is 302 g/mol. The fourth-order valence-electron chi connectivity index (χ4n) is 3.11. The monoisotopic (exact) mass is 323 g/mol. The van der Waals surface area contributed by atoms with Crippen LogP contribution in [0.4, 0.5) is 5.69 Å². The molecule has 124 valence electrons. The third kappa shape index (κ3) is 3.32. The lowest BCUT2D eigenvalue weighted by molar-refractivity contribution is -0.122. The summed E-state index contributed by atoms with van der Waals surface area (Å²) in [6.07, 6.45) is 0.861. The second kappa shape index (κ2) is 6.87.